The first kappa shape index (κ1) is 12.8. The SMILES string of the molecule is N#Cc1ccc(S(=O)(=O)Nc2ccc(Cl)nn2)s1. The largest absolute Gasteiger partial charge is 0.272 e. The molecule has 0 spiro atoms. The van der Waals surface area contributed by atoms with Crippen LogP contribution in [-0.4, -0.2) is 18.6 Å². The first-order chi connectivity index (χ1) is 8.51. The van der Waals surface area contributed by atoms with E-state index in [1.807, 2.05) is 6.07 Å². The molecule has 0 amide bonds. The minimum Gasteiger partial charge on any atom is -0.261 e. The molecule has 92 valence electrons. The first-order valence-corrected chi connectivity index (χ1v) is 7.21. The van der Waals surface area contributed by atoms with E-state index in [0.717, 1.165) is 11.3 Å². The van der Waals surface area contributed by atoms with Gasteiger partial charge < -0.3 is 0 Å². The van der Waals surface area contributed by atoms with E-state index in [0.29, 0.717) is 4.88 Å². The third kappa shape index (κ3) is 2.76. The van der Waals surface area contributed by atoms with Crippen LogP contribution in [0.5, 0.6) is 0 Å². The molecule has 0 aliphatic carbocycles. The average Bonchev–Trinajstić information content (AvgIpc) is 2.81. The molecule has 18 heavy (non-hydrogen) atoms. The van der Waals surface area contributed by atoms with Gasteiger partial charge in [0.05, 0.1) is 0 Å². The van der Waals surface area contributed by atoms with Crippen molar-refractivity contribution in [2.45, 2.75) is 4.21 Å². The predicted octanol–water partition coefficient (Wildman–Crippen LogP) is 1.86. The molecule has 0 aliphatic rings. The summed E-state index contributed by atoms with van der Waals surface area (Å²) in [5.74, 6) is 0.0614. The van der Waals surface area contributed by atoms with Crippen molar-refractivity contribution in [3.63, 3.8) is 0 Å². The first-order valence-electron chi connectivity index (χ1n) is 4.53. The Hall–Kier alpha value is -1.69. The molecule has 9 heteroatoms. The van der Waals surface area contributed by atoms with Crippen molar-refractivity contribution in [2.75, 3.05) is 4.72 Å². The van der Waals surface area contributed by atoms with Crippen LogP contribution in [0, 0.1) is 11.3 Å². The maximum atomic E-state index is 11.9. The normalized spacial score (nSPS) is 10.9. The van der Waals surface area contributed by atoms with Gasteiger partial charge in [0.15, 0.2) is 11.0 Å². The summed E-state index contributed by atoms with van der Waals surface area (Å²) >= 11 is 6.41. The van der Waals surface area contributed by atoms with Crippen LogP contribution in [-0.2, 0) is 10.0 Å². The number of hydrogen-bond acceptors (Lipinski definition) is 6. The Bertz CT molecular complexity index is 703. The lowest BCUT2D eigenvalue weighted by Crippen LogP contribution is -2.12. The van der Waals surface area contributed by atoms with Crippen LogP contribution in [0.2, 0.25) is 5.15 Å². The highest BCUT2D eigenvalue weighted by atomic mass is 35.5. The van der Waals surface area contributed by atoms with Crippen LogP contribution in [0.25, 0.3) is 0 Å². The van der Waals surface area contributed by atoms with Gasteiger partial charge in [-0.3, -0.25) is 4.72 Å². The van der Waals surface area contributed by atoms with Crippen molar-refractivity contribution in [1.29, 1.82) is 5.26 Å². The standard InChI is InChI=1S/C9H5ClN4O2S2/c10-7-2-3-8(13-12-7)14-18(15,16)9-4-1-6(5-11)17-9/h1-4H,(H,13,14). The molecular formula is C9H5ClN4O2S2. The Morgan fingerprint density at radius 1 is 1.28 bits per heavy atom. The molecule has 0 saturated heterocycles. The molecule has 0 aromatic carbocycles. The van der Waals surface area contributed by atoms with Crippen LogP contribution in [0.1, 0.15) is 4.88 Å². The van der Waals surface area contributed by atoms with Gasteiger partial charge in [0.1, 0.15) is 15.2 Å². The third-order valence-electron chi connectivity index (χ3n) is 1.83. The zero-order valence-corrected chi connectivity index (χ0v) is 11.1. The van der Waals surface area contributed by atoms with Crippen LogP contribution in [0.15, 0.2) is 28.5 Å². The van der Waals surface area contributed by atoms with Crippen molar-refractivity contribution in [3.05, 3.63) is 34.3 Å². The topological polar surface area (TPSA) is 95.7 Å². The summed E-state index contributed by atoms with van der Waals surface area (Å²) < 4.78 is 26.1. The molecule has 0 bridgehead atoms. The van der Waals surface area contributed by atoms with Crippen molar-refractivity contribution in [2.24, 2.45) is 0 Å². The molecule has 2 aromatic rings. The van der Waals surface area contributed by atoms with Crippen LogP contribution >= 0.6 is 22.9 Å². The lowest BCUT2D eigenvalue weighted by atomic mass is 10.5. The van der Waals surface area contributed by atoms with Crippen LogP contribution < -0.4 is 4.72 Å². The maximum absolute atomic E-state index is 11.9. The van der Waals surface area contributed by atoms with Gasteiger partial charge in [0.2, 0.25) is 0 Å². The zero-order chi connectivity index (χ0) is 13.2. The number of aromatic nitrogens is 2. The van der Waals surface area contributed by atoms with Gasteiger partial charge in [0.25, 0.3) is 10.0 Å². The summed E-state index contributed by atoms with van der Waals surface area (Å²) in [7, 11) is -3.74. The number of thiophene rings is 1. The number of halogens is 1. The van der Waals surface area contributed by atoms with E-state index in [9.17, 15) is 8.42 Å². The summed E-state index contributed by atoms with van der Waals surface area (Å²) in [5, 5.41) is 15.9. The van der Waals surface area contributed by atoms with Gasteiger partial charge in [-0.2, -0.15) is 5.26 Å². The molecule has 0 atom stereocenters. The molecule has 2 rings (SSSR count). The summed E-state index contributed by atoms with van der Waals surface area (Å²) in [4.78, 5) is 0.317. The van der Waals surface area contributed by atoms with Gasteiger partial charge in [-0.05, 0) is 24.3 Å². The number of nitriles is 1. The second-order valence-electron chi connectivity index (χ2n) is 3.08. The quantitative estimate of drug-likeness (QED) is 0.933. The van der Waals surface area contributed by atoms with Gasteiger partial charge in [-0.25, -0.2) is 8.42 Å². The average molecular weight is 301 g/mol. The minimum atomic E-state index is -3.74. The number of nitrogens with zero attached hydrogens (tertiary/aromatic N) is 3. The van der Waals surface area contributed by atoms with Gasteiger partial charge in [-0.1, -0.05) is 11.6 Å². The van der Waals surface area contributed by atoms with E-state index in [4.69, 9.17) is 16.9 Å². The number of hydrogen-bond donors (Lipinski definition) is 1. The number of nitrogens with one attached hydrogen (secondary N) is 1. The van der Waals surface area contributed by atoms with E-state index in [1.165, 1.54) is 24.3 Å². The highest BCUT2D eigenvalue weighted by Gasteiger charge is 2.17. The van der Waals surface area contributed by atoms with Gasteiger partial charge >= 0.3 is 0 Å². The maximum Gasteiger partial charge on any atom is 0.272 e. The van der Waals surface area contributed by atoms with E-state index >= 15 is 0 Å². The molecule has 2 aromatic heterocycles. The van der Waals surface area contributed by atoms with Gasteiger partial charge in [-0.15, -0.1) is 21.5 Å². The van der Waals surface area contributed by atoms with Crippen molar-refractivity contribution in [3.8, 4) is 6.07 Å². The third-order valence-corrected chi connectivity index (χ3v) is 4.87. The molecule has 0 aliphatic heterocycles. The van der Waals surface area contributed by atoms with E-state index in [1.54, 1.807) is 0 Å². The lowest BCUT2D eigenvalue weighted by Gasteiger charge is -2.03. The molecule has 1 N–H and O–H groups in total. The Labute approximate surface area is 112 Å². The van der Waals surface area contributed by atoms with Crippen molar-refractivity contribution >= 4 is 38.8 Å². The molecule has 6 nitrogen and oxygen atoms in total. The number of anilines is 1. The summed E-state index contributed by atoms with van der Waals surface area (Å²) in [6, 6.07) is 7.48. The molecule has 2 heterocycles. The number of rotatable bonds is 3. The Morgan fingerprint density at radius 2 is 2.06 bits per heavy atom. The lowest BCUT2D eigenvalue weighted by molar-refractivity contribution is 0.603. The van der Waals surface area contributed by atoms with E-state index in [-0.39, 0.29) is 15.2 Å². The number of sulfonamides is 1. The molecule has 0 saturated carbocycles. The highest BCUT2D eigenvalue weighted by Crippen LogP contribution is 2.22. The molecule has 0 unspecified atom stereocenters. The van der Waals surface area contributed by atoms with Crippen molar-refractivity contribution in [1.82, 2.24) is 10.2 Å². The second-order valence-corrected chi connectivity index (χ2v) is 6.46. The monoisotopic (exact) mass is 300 g/mol. The second kappa shape index (κ2) is 4.89. The summed E-state index contributed by atoms with van der Waals surface area (Å²) in [6.07, 6.45) is 0. The van der Waals surface area contributed by atoms with Crippen LogP contribution in [0.3, 0.4) is 0 Å². The molecular weight excluding hydrogens is 296 g/mol. The van der Waals surface area contributed by atoms with Crippen molar-refractivity contribution < 1.29 is 8.42 Å². The fourth-order valence-corrected chi connectivity index (χ4v) is 3.28. The Balaban J connectivity index is 2.27. The zero-order valence-electron chi connectivity index (χ0n) is 8.66. The Kier molecular flexibility index (Phi) is 3.47. The fourth-order valence-electron chi connectivity index (χ4n) is 1.08. The van der Waals surface area contributed by atoms with Crippen LogP contribution in [0.4, 0.5) is 5.82 Å². The Morgan fingerprint density at radius 3 is 2.61 bits per heavy atom. The summed E-state index contributed by atoms with van der Waals surface area (Å²) in [5.41, 5.74) is 0. The summed E-state index contributed by atoms with van der Waals surface area (Å²) in [6.45, 7) is 0. The highest BCUT2D eigenvalue weighted by molar-refractivity contribution is 7.94. The minimum absolute atomic E-state index is 0.0378. The fraction of sp³-hybridized carbons (Fsp3) is 0. The smallest absolute Gasteiger partial charge is 0.261 e. The van der Waals surface area contributed by atoms with E-state index < -0.39 is 10.0 Å². The predicted molar refractivity (Wildman–Crippen MR) is 66.9 cm³/mol. The molecule has 0 fully saturated rings. The molecule has 0 radical (unpaired) electrons. The van der Waals surface area contributed by atoms with Gasteiger partial charge in [0, 0.05) is 0 Å². The van der Waals surface area contributed by atoms with E-state index in [2.05, 4.69) is 14.9 Å².